The third kappa shape index (κ3) is 4.22. The molecule has 2 aromatic heterocycles. The van der Waals surface area contributed by atoms with Crippen LogP contribution in [0.3, 0.4) is 0 Å². The molecule has 0 aliphatic rings. The highest BCUT2D eigenvalue weighted by Crippen LogP contribution is 2.34. The summed E-state index contributed by atoms with van der Waals surface area (Å²) in [5.74, 6) is -0.265. The van der Waals surface area contributed by atoms with Gasteiger partial charge < -0.3 is 4.90 Å². The topological polar surface area (TPSA) is 51.0 Å². The van der Waals surface area contributed by atoms with E-state index in [2.05, 4.69) is 10.1 Å². The van der Waals surface area contributed by atoms with Crippen LogP contribution in [0.15, 0.2) is 79.1 Å². The number of aromatic nitrogens is 3. The molecule has 162 valence electrons. The van der Waals surface area contributed by atoms with E-state index >= 15 is 0 Å². The van der Waals surface area contributed by atoms with E-state index in [0.29, 0.717) is 22.5 Å². The van der Waals surface area contributed by atoms with Gasteiger partial charge >= 0.3 is 6.18 Å². The average Bonchev–Trinajstić information content (AvgIpc) is 3.25. The van der Waals surface area contributed by atoms with E-state index in [4.69, 9.17) is 11.6 Å². The molecule has 4 rings (SSSR count). The Balaban J connectivity index is 1.72. The number of hydrogen-bond acceptors (Lipinski definition) is 3. The summed E-state index contributed by atoms with van der Waals surface area (Å²) in [6.07, 6.45) is -1.46. The number of amides is 1. The fourth-order valence-electron chi connectivity index (χ4n) is 3.19. The Labute approximate surface area is 186 Å². The van der Waals surface area contributed by atoms with Crippen molar-refractivity contribution >= 4 is 23.2 Å². The standard InChI is InChI=1S/C23H16ClF3N4O/c1-30(17-10-12-28-13-11-17)22(32)16-8-6-15(7-9-16)20-14-21(23(25,26)27)29-31(20)19-5-3-2-4-18(19)24/h2-14H,1H3. The van der Waals surface area contributed by atoms with Gasteiger partial charge in [0, 0.05) is 36.3 Å². The molecule has 0 bridgehead atoms. The van der Waals surface area contributed by atoms with Crippen molar-refractivity contribution in [2.24, 2.45) is 0 Å². The second-order valence-electron chi connectivity index (χ2n) is 6.92. The largest absolute Gasteiger partial charge is 0.435 e. The maximum atomic E-state index is 13.4. The van der Waals surface area contributed by atoms with Gasteiger partial charge in [0.15, 0.2) is 5.69 Å². The molecule has 0 saturated heterocycles. The van der Waals surface area contributed by atoms with Gasteiger partial charge in [-0.15, -0.1) is 0 Å². The monoisotopic (exact) mass is 456 g/mol. The molecule has 5 nitrogen and oxygen atoms in total. The molecule has 32 heavy (non-hydrogen) atoms. The van der Waals surface area contributed by atoms with E-state index in [1.165, 1.54) is 4.90 Å². The van der Waals surface area contributed by atoms with E-state index in [0.717, 1.165) is 10.7 Å². The number of para-hydroxylation sites is 1. The summed E-state index contributed by atoms with van der Waals surface area (Å²) in [5.41, 5.74) is 0.985. The van der Waals surface area contributed by atoms with Gasteiger partial charge in [-0.25, -0.2) is 4.68 Å². The maximum Gasteiger partial charge on any atom is 0.435 e. The van der Waals surface area contributed by atoms with Crippen molar-refractivity contribution in [1.82, 2.24) is 14.8 Å². The summed E-state index contributed by atoms with van der Waals surface area (Å²) in [7, 11) is 1.63. The van der Waals surface area contributed by atoms with E-state index < -0.39 is 11.9 Å². The van der Waals surface area contributed by atoms with Gasteiger partial charge in [0.05, 0.1) is 16.4 Å². The molecule has 0 fully saturated rings. The smallest absolute Gasteiger partial charge is 0.311 e. The number of benzene rings is 2. The van der Waals surface area contributed by atoms with Crippen LogP contribution in [0.25, 0.3) is 16.9 Å². The molecule has 0 unspecified atom stereocenters. The zero-order valence-corrected chi connectivity index (χ0v) is 17.5. The van der Waals surface area contributed by atoms with Crippen LogP contribution in [0.2, 0.25) is 5.02 Å². The molecule has 2 heterocycles. The predicted molar refractivity (Wildman–Crippen MR) is 116 cm³/mol. The van der Waals surface area contributed by atoms with Crippen LogP contribution in [0.1, 0.15) is 16.1 Å². The summed E-state index contributed by atoms with van der Waals surface area (Å²) in [6.45, 7) is 0. The second-order valence-corrected chi connectivity index (χ2v) is 7.33. The molecule has 9 heteroatoms. The molecule has 0 N–H and O–H groups in total. The first kappa shape index (κ1) is 21.6. The predicted octanol–water partition coefficient (Wildman–Crippen LogP) is 5.88. The van der Waals surface area contributed by atoms with Gasteiger partial charge in [-0.1, -0.05) is 35.9 Å². The van der Waals surface area contributed by atoms with Crippen LogP contribution in [0.4, 0.5) is 18.9 Å². The zero-order chi connectivity index (χ0) is 22.9. The lowest BCUT2D eigenvalue weighted by atomic mass is 10.1. The summed E-state index contributed by atoms with van der Waals surface area (Å²) in [5, 5.41) is 4.00. The molecule has 4 aromatic rings. The molecular formula is C23H16ClF3N4O. The number of nitrogens with zero attached hydrogens (tertiary/aromatic N) is 4. The zero-order valence-electron chi connectivity index (χ0n) is 16.7. The van der Waals surface area contributed by atoms with E-state index in [-0.39, 0.29) is 16.6 Å². The number of anilines is 1. The molecule has 0 radical (unpaired) electrons. The third-order valence-electron chi connectivity index (χ3n) is 4.86. The van der Waals surface area contributed by atoms with Crippen LogP contribution < -0.4 is 4.90 Å². The Hall–Kier alpha value is -3.65. The fourth-order valence-corrected chi connectivity index (χ4v) is 3.41. The first-order valence-electron chi connectivity index (χ1n) is 9.46. The van der Waals surface area contributed by atoms with Crippen molar-refractivity contribution in [2.45, 2.75) is 6.18 Å². The van der Waals surface area contributed by atoms with Crippen molar-refractivity contribution in [3.05, 3.63) is 95.4 Å². The van der Waals surface area contributed by atoms with Crippen molar-refractivity contribution in [3.8, 4) is 16.9 Å². The first-order valence-corrected chi connectivity index (χ1v) is 9.84. The minimum Gasteiger partial charge on any atom is -0.311 e. The molecule has 0 atom stereocenters. The van der Waals surface area contributed by atoms with Crippen LogP contribution >= 0.6 is 11.6 Å². The maximum absolute atomic E-state index is 13.4. The molecular weight excluding hydrogens is 441 g/mol. The van der Waals surface area contributed by atoms with Crippen molar-refractivity contribution in [1.29, 1.82) is 0 Å². The Kier molecular flexibility index (Phi) is 5.71. The minimum absolute atomic E-state index is 0.201. The van der Waals surface area contributed by atoms with Crippen molar-refractivity contribution < 1.29 is 18.0 Å². The third-order valence-corrected chi connectivity index (χ3v) is 5.18. The van der Waals surface area contributed by atoms with Crippen LogP contribution in [0, 0.1) is 0 Å². The lowest BCUT2D eigenvalue weighted by Gasteiger charge is -2.17. The lowest BCUT2D eigenvalue weighted by Crippen LogP contribution is -2.26. The van der Waals surface area contributed by atoms with Gasteiger partial charge in [-0.05, 0) is 42.5 Å². The number of halogens is 4. The van der Waals surface area contributed by atoms with Crippen molar-refractivity contribution in [2.75, 3.05) is 11.9 Å². The molecule has 0 spiro atoms. The van der Waals surface area contributed by atoms with E-state index in [1.807, 2.05) is 0 Å². The number of rotatable bonds is 4. The van der Waals surface area contributed by atoms with Gasteiger partial charge in [-0.2, -0.15) is 18.3 Å². The molecule has 1 amide bonds. The highest BCUT2D eigenvalue weighted by Gasteiger charge is 2.35. The highest BCUT2D eigenvalue weighted by atomic mass is 35.5. The molecule has 0 aliphatic carbocycles. The summed E-state index contributed by atoms with van der Waals surface area (Å²) in [4.78, 5) is 18.2. The number of alkyl halides is 3. The van der Waals surface area contributed by atoms with Gasteiger partial charge in [0.1, 0.15) is 0 Å². The Bertz CT molecular complexity index is 1250. The Morgan fingerprint density at radius 2 is 1.66 bits per heavy atom. The second kappa shape index (κ2) is 8.47. The summed E-state index contributed by atoms with van der Waals surface area (Å²) < 4.78 is 41.3. The van der Waals surface area contributed by atoms with Gasteiger partial charge in [-0.3, -0.25) is 9.78 Å². The Morgan fingerprint density at radius 3 is 2.28 bits per heavy atom. The normalized spacial score (nSPS) is 11.4. The van der Waals surface area contributed by atoms with E-state index in [1.54, 1.807) is 80.1 Å². The first-order chi connectivity index (χ1) is 15.3. The highest BCUT2D eigenvalue weighted by molar-refractivity contribution is 6.32. The lowest BCUT2D eigenvalue weighted by molar-refractivity contribution is -0.141. The van der Waals surface area contributed by atoms with Gasteiger partial charge in [0.25, 0.3) is 5.91 Å². The molecule has 0 saturated carbocycles. The van der Waals surface area contributed by atoms with Crippen LogP contribution in [-0.4, -0.2) is 27.7 Å². The van der Waals surface area contributed by atoms with Crippen LogP contribution in [-0.2, 0) is 6.18 Å². The number of carbonyl (C=O) groups is 1. The quantitative estimate of drug-likeness (QED) is 0.385. The number of carbonyl (C=O) groups excluding carboxylic acids is 1. The molecule has 0 aliphatic heterocycles. The minimum atomic E-state index is -4.62. The summed E-state index contributed by atoms with van der Waals surface area (Å²) >= 11 is 6.20. The van der Waals surface area contributed by atoms with Gasteiger partial charge in [0.2, 0.25) is 0 Å². The fraction of sp³-hybridized carbons (Fsp3) is 0.0870. The Morgan fingerprint density at radius 1 is 1.00 bits per heavy atom. The van der Waals surface area contributed by atoms with E-state index in [9.17, 15) is 18.0 Å². The number of pyridine rings is 1. The van der Waals surface area contributed by atoms with Crippen molar-refractivity contribution in [3.63, 3.8) is 0 Å². The summed E-state index contributed by atoms with van der Waals surface area (Å²) in [6, 6.07) is 17.2. The average molecular weight is 457 g/mol. The number of hydrogen-bond donors (Lipinski definition) is 0. The van der Waals surface area contributed by atoms with Crippen LogP contribution in [0.5, 0.6) is 0 Å². The SMILES string of the molecule is CN(C(=O)c1ccc(-c2cc(C(F)(F)F)nn2-c2ccccc2Cl)cc1)c1ccncc1. The molecule has 2 aromatic carbocycles.